The summed E-state index contributed by atoms with van der Waals surface area (Å²) in [5.41, 5.74) is 0.447. The van der Waals surface area contributed by atoms with Crippen molar-refractivity contribution in [3.05, 3.63) is 42.0 Å². The molecule has 0 aliphatic heterocycles. The highest BCUT2D eigenvalue weighted by Gasteiger charge is 2.37. The average molecular weight is 270 g/mol. The van der Waals surface area contributed by atoms with Gasteiger partial charge in [0.2, 0.25) is 0 Å². The van der Waals surface area contributed by atoms with Crippen molar-refractivity contribution in [2.24, 2.45) is 0 Å². The van der Waals surface area contributed by atoms with Crippen molar-refractivity contribution >= 4 is 10.8 Å². The molecular weight excluding hydrogens is 257 g/mol. The third-order valence-corrected chi connectivity index (χ3v) is 2.92. The smallest absolute Gasteiger partial charge is 0.414 e. The Balaban J connectivity index is 2.27. The monoisotopic (exact) mass is 270 g/mol. The molecule has 0 heterocycles. The summed E-state index contributed by atoms with van der Waals surface area (Å²) < 4.78 is 41.9. The molecule has 2 nitrogen and oxygen atoms in total. The number of halogens is 3. The molecule has 19 heavy (non-hydrogen) atoms. The lowest BCUT2D eigenvalue weighted by atomic mass is 10.0. The SMILES string of the molecule is COc1ccc2cc(CC(O)C(F)(F)F)ccc2c1. The Morgan fingerprint density at radius 1 is 1.11 bits per heavy atom. The van der Waals surface area contributed by atoms with Gasteiger partial charge in [-0.2, -0.15) is 13.2 Å². The molecule has 1 N–H and O–H groups in total. The molecule has 0 spiro atoms. The molecule has 5 heteroatoms. The van der Waals surface area contributed by atoms with Gasteiger partial charge in [0.15, 0.2) is 6.10 Å². The molecular formula is C14H13F3O2. The lowest BCUT2D eigenvalue weighted by Crippen LogP contribution is -2.30. The Kier molecular flexibility index (Phi) is 3.66. The zero-order valence-corrected chi connectivity index (χ0v) is 10.2. The van der Waals surface area contributed by atoms with Gasteiger partial charge in [-0.25, -0.2) is 0 Å². The van der Waals surface area contributed by atoms with Crippen LogP contribution in [0.15, 0.2) is 36.4 Å². The van der Waals surface area contributed by atoms with Gasteiger partial charge in [0.05, 0.1) is 7.11 Å². The summed E-state index contributed by atoms with van der Waals surface area (Å²) in [5, 5.41) is 10.7. The van der Waals surface area contributed by atoms with Crippen LogP contribution >= 0.6 is 0 Å². The Morgan fingerprint density at radius 3 is 2.37 bits per heavy atom. The summed E-state index contributed by atoms with van der Waals surface area (Å²) in [5.74, 6) is 0.690. The molecule has 0 saturated heterocycles. The van der Waals surface area contributed by atoms with E-state index in [0.29, 0.717) is 11.3 Å². The molecule has 1 unspecified atom stereocenters. The topological polar surface area (TPSA) is 29.5 Å². The van der Waals surface area contributed by atoms with Gasteiger partial charge in [-0.15, -0.1) is 0 Å². The molecule has 0 radical (unpaired) electrons. The number of ether oxygens (including phenoxy) is 1. The molecule has 2 aromatic rings. The van der Waals surface area contributed by atoms with Gasteiger partial charge in [0.1, 0.15) is 5.75 Å². The van der Waals surface area contributed by atoms with Gasteiger partial charge >= 0.3 is 6.18 Å². The third-order valence-electron chi connectivity index (χ3n) is 2.92. The van der Waals surface area contributed by atoms with E-state index in [0.717, 1.165) is 10.8 Å². The van der Waals surface area contributed by atoms with Crippen molar-refractivity contribution in [3.63, 3.8) is 0 Å². The first-order valence-electron chi connectivity index (χ1n) is 5.71. The quantitative estimate of drug-likeness (QED) is 0.927. The summed E-state index contributed by atoms with van der Waals surface area (Å²) in [7, 11) is 1.55. The molecule has 0 fully saturated rings. The average Bonchev–Trinajstić information content (AvgIpc) is 2.37. The second-order valence-corrected chi connectivity index (χ2v) is 4.31. The fraction of sp³-hybridized carbons (Fsp3) is 0.286. The summed E-state index contributed by atoms with van der Waals surface area (Å²) in [6.45, 7) is 0. The molecule has 0 aliphatic carbocycles. The van der Waals surface area contributed by atoms with Crippen LogP contribution in [0.1, 0.15) is 5.56 Å². The maximum atomic E-state index is 12.3. The van der Waals surface area contributed by atoms with Gasteiger partial charge in [0, 0.05) is 6.42 Å². The highest BCUT2D eigenvalue weighted by molar-refractivity contribution is 5.84. The Morgan fingerprint density at radius 2 is 1.74 bits per heavy atom. The summed E-state index contributed by atoms with van der Waals surface area (Å²) in [6.07, 6.45) is -7.36. The van der Waals surface area contributed by atoms with Crippen LogP contribution in [-0.4, -0.2) is 24.5 Å². The van der Waals surface area contributed by atoms with E-state index >= 15 is 0 Å². The lowest BCUT2D eigenvalue weighted by molar-refractivity contribution is -0.203. The van der Waals surface area contributed by atoms with Gasteiger partial charge in [0.25, 0.3) is 0 Å². The highest BCUT2D eigenvalue weighted by atomic mass is 19.4. The number of benzene rings is 2. The van der Waals surface area contributed by atoms with Crippen LogP contribution in [0.5, 0.6) is 5.75 Å². The van der Waals surface area contributed by atoms with E-state index < -0.39 is 18.7 Å². The van der Waals surface area contributed by atoms with Crippen LogP contribution in [0.4, 0.5) is 13.2 Å². The summed E-state index contributed by atoms with van der Waals surface area (Å²) in [4.78, 5) is 0. The van der Waals surface area contributed by atoms with Crippen LogP contribution in [0.25, 0.3) is 10.8 Å². The van der Waals surface area contributed by atoms with Gasteiger partial charge in [-0.05, 0) is 28.5 Å². The second-order valence-electron chi connectivity index (χ2n) is 4.31. The van der Waals surface area contributed by atoms with E-state index in [1.54, 1.807) is 43.5 Å². The van der Waals surface area contributed by atoms with E-state index in [9.17, 15) is 13.2 Å². The minimum atomic E-state index is -4.59. The summed E-state index contributed by atoms with van der Waals surface area (Å²) >= 11 is 0. The first-order valence-corrected chi connectivity index (χ1v) is 5.71. The maximum Gasteiger partial charge on any atom is 0.414 e. The minimum Gasteiger partial charge on any atom is -0.497 e. The van der Waals surface area contributed by atoms with E-state index in [1.165, 1.54) is 0 Å². The van der Waals surface area contributed by atoms with Gasteiger partial charge in [-0.3, -0.25) is 0 Å². The van der Waals surface area contributed by atoms with Crippen molar-refractivity contribution in [2.75, 3.05) is 7.11 Å². The minimum absolute atomic E-state index is 0.439. The summed E-state index contributed by atoms with van der Waals surface area (Å²) in [6, 6.07) is 10.3. The fourth-order valence-electron chi connectivity index (χ4n) is 1.87. The number of methoxy groups -OCH3 is 1. The number of rotatable bonds is 3. The van der Waals surface area contributed by atoms with Crippen LogP contribution in [0, 0.1) is 0 Å². The molecule has 2 aromatic carbocycles. The predicted molar refractivity (Wildman–Crippen MR) is 66.3 cm³/mol. The van der Waals surface area contributed by atoms with E-state index in [1.807, 2.05) is 0 Å². The van der Waals surface area contributed by atoms with Crippen molar-refractivity contribution in [2.45, 2.75) is 18.7 Å². The standard InChI is InChI=1S/C14H13F3O2/c1-19-12-5-4-10-6-9(2-3-11(10)8-12)7-13(18)14(15,16)17/h2-6,8,13,18H,7H2,1H3. The van der Waals surface area contributed by atoms with Crippen LogP contribution < -0.4 is 4.74 Å². The largest absolute Gasteiger partial charge is 0.497 e. The maximum absolute atomic E-state index is 12.3. The molecule has 1 atom stereocenters. The molecule has 0 aliphatic rings. The third kappa shape index (κ3) is 3.17. The van der Waals surface area contributed by atoms with E-state index in [2.05, 4.69) is 0 Å². The van der Waals surface area contributed by atoms with E-state index in [4.69, 9.17) is 9.84 Å². The number of aliphatic hydroxyl groups excluding tert-OH is 1. The van der Waals surface area contributed by atoms with Gasteiger partial charge in [-0.1, -0.05) is 24.3 Å². The number of aliphatic hydroxyl groups is 1. The number of alkyl halides is 3. The van der Waals surface area contributed by atoms with Crippen molar-refractivity contribution in [1.29, 1.82) is 0 Å². The molecule has 0 amide bonds. The Labute approximate surface area is 108 Å². The zero-order chi connectivity index (χ0) is 14.0. The van der Waals surface area contributed by atoms with Crippen molar-refractivity contribution in [1.82, 2.24) is 0 Å². The first-order chi connectivity index (χ1) is 8.90. The Bertz CT molecular complexity index is 578. The fourth-order valence-corrected chi connectivity index (χ4v) is 1.87. The molecule has 0 saturated carbocycles. The molecule has 2 rings (SSSR count). The van der Waals surface area contributed by atoms with E-state index in [-0.39, 0.29) is 0 Å². The number of hydrogen-bond donors (Lipinski definition) is 1. The van der Waals surface area contributed by atoms with Crippen LogP contribution in [0.3, 0.4) is 0 Å². The number of fused-ring (bicyclic) bond motifs is 1. The molecule has 0 aromatic heterocycles. The number of hydrogen-bond acceptors (Lipinski definition) is 2. The first kappa shape index (κ1) is 13.7. The van der Waals surface area contributed by atoms with Gasteiger partial charge < -0.3 is 9.84 Å². The predicted octanol–water partition coefficient (Wildman–Crippen LogP) is 3.31. The lowest BCUT2D eigenvalue weighted by Gasteiger charge is -2.14. The zero-order valence-electron chi connectivity index (χ0n) is 10.2. The molecule has 0 bridgehead atoms. The molecule has 102 valence electrons. The Hall–Kier alpha value is -1.75. The van der Waals surface area contributed by atoms with Crippen LogP contribution in [-0.2, 0) is 6.42 Å². The van der Waals surface area contributed by atoms with Crippen LogP contribution in [0.2, 0.25) is 0 Å². The normalized spacial score (nSPS) is 13.5. The highest BCUT2D eigenvalue weighted by Crippen LogP contribution is 2.26. The van der Waals surface area contributed by atoms with Crippen molar-refractivity contribution in [3.8, 4) is 5.75 Å². The second kappa shape index (κ2) is 5.09. The van der Waals surface area contributed by atoms with Crippen molar-refractivity contribution < 1.29 is 23.0 Å².